The van der Waals surface area contributed by atoms with E-state index in [1.807, 2.05) is 29.2 Å². The second-order valence-electron chi connectivity index (χ2n) is 7.36. The van der Waals surface area contributed by atoms with Crippen LogP contribution in [-0.2, 0) is 17.6 Å². The monoisotopic (exact) mass is 431 g/mol. The number of halogens is 1. The number of hydrogen-bond acceptors (Lipinski definition) is 4. The van der Waals surface area contributed by atoms with E-state index in [1.165, 1.54) is 5.56 Å². The van der Waals surface area contributed by atoms with Gasteiger partial charge in [-0.05, 0) is 60.2 Å². The van der Waals surface area contributed by atoms with Crippen LogP contribution in [0.25, 0.3) is 0 Å². The number of nitrogens with zero attached hydrogens (tertiary/aromatic N) is 1. The van der Waals surface area contributed by atoms with Crippen molar-refractivity contribution in [1.82, 2.24) is 4.90 Å². The quantitative estimate of drug-likeness (QED) is 0.535. The van der Waals surface area contributed by atoms with Crippen molar-refractivity contribution in [3.8, 4) is 17.2 Å². The Bertz CT molecular complexity index is 853. The van der Waals surface area contributed by atoms with Crippen LogP contribution >= 0.6 is 11.6 Å². The molecule has 1 unspecified atom stereocenters. The molecule has 0 saturated heterocycles. The number of carbonyl (C=O) groups excluding carboxylic acids is 1. The van der Waals surface area contributed by atoms with Crippen molar-refractivity contribution in [2.24, 2.45) is 0 Å². The van der Waals surface area contributed by atoms with Gasteiger partial charge in [-0.15, -0.1) is 11.6 Å². The number of fused-ring (bicyclic) bond motifs is 1. The average molecular weight is 432 g/mol. The van der Waals surface area contributed by atoms with Crippen LogP contribution in [0.2, 0.25) is 0 Å². The fraction of sp³-hybridized carbons (Fsp3) is 0.458. The Morgan fingerprint density at radius 2 is 1.83 bits per heavy atom. The highest BCUT2D eigenvalue weighted by molar-refractivity contribution is 6.17. The number of aryl methyl sites for hydroxylation is 1. The smallest absolute Gasteiger partial charge is 0.223 e. The predicted octanol–water partition coefficient (Wildman–Crippen LogP) is 4.79. The first-order chi connectivity index (χ1) is 14.6. The summed E-state index contributed by atoms with van der Waals surface area (Å²) in [6, 6.07) is 11.9. The third kappa shape index (κ3) is 5.01. The summed E-state index contributed by atoms with van der Waals surface area (Å²) < 4.78 is 17.1. The molecule has 2 aromatic carbocycles. The van der Waals surface area contributed by atoms with Crippen molar-refractivity contribution in [3.63, 3.8) is 0 Å². The molecular weight excluding hydrogens is 402 g/mol. The zero-order chi connectivity index (χ0) is 21.5. The molecule has 0 fully saturated rings. The summed E-state index contributed by atoms with van der Waals surface area (Å²) in [5, 5.41) is 0. The largest absolute Gasteiger partial charge is 0.493 e. The van der Waals surface area contributed by atoms with Gasteiger partial charge in [0.05, 0.1) is 20.3 Å². The molecule has 3 rings (SSSR count). The van der Waals surface area contributed by atoms with Crippen LogP contribution < -0.4 is 14.2 Å². The van der Waals surface area contributed by atoms with Crippen molar-refractivity contribution >= 4 is 17.5 Å². The van der Waals surface area contributed by atoms with Crippen molar-refractivity contribution in [1.29, 1.82) is 0 Å². The topological polar surface area (TPSA) is 48.0 Å². The highest BCUT2D eigenvalue weighted by atomic mass is 35.5. The number of carbonyl (C=O) groups is 1. The second kappa shape index (κ2) is 10.6. The first kappa shape index (κ1) is 22.3. The van der Waals surface area contributed by atoms with Gasteiger partial charge in [-0.3, -0.25) is 4.79 Å². The van der Waals surface area contributed by atoms with Crippen LogP contribution in [-0.4, -0.2) is 44.1 Å². The minimum Gasteiger partial charge on any atom is -0.493 e. The van der Waals surface area contributed by atoms with Gasteiger partial charge in [0.25, 0.3) is 0 Å². The molecule has 5 nitrogen and oxygen atoms in total. The lowest BCUT2D eigenvalue weighted by atomic mass is 9.91. The van der Waals surface area contributed by atoms with Crippen LogP contribution in [0.4, 0.5) is 0 Å². The third-order valence-electron chi connectivity index (χ3n) is 5.59. The summed E-state index contributed by atoms with van der Waals surface area (Å²) in [5.41, 5.74) is 3.47. The van der Waals surface area contributed by atoms with E-state index in [-0.39, 0.29) is 11.9 Å². The lowest BCUT2D eigenvalue weighted by Crippen LogP contribution is -2.42. The van der Waals surface area contributed by atoms with E-state index in [0.29, 0.717) is 43.4 Å². The van der Waals surface area contributed by atoms with E-state index < -0.39 is 0 Å². The van der Waals surface area contributed by atoms with E-state index in [2.05, 4.69) is 19.1 Å². The van der Waals surface area contributed by atoms with Gasteiger partial charge in [0.15, 0.2) is 11.5 Å². The molecule has 1 amide bonds. The van der Waals surface area contributed by atoms with Crippen molar-refractivity contribution in [2.45, 2.75) is 38.6 Å². The molecule has 0 bridgehead atoms. The molecule has 0 radical (unpaired) electrons. The molecule has 162 valence electrons. The SMILES string of the molecule is CCc1ccc(OCC2c3cc(OC)c(OC)cc3CCN2C(=O)CCCCl)cc1. The molecule has 1 heterocycles. The molecule has 0 saturated carbocycles. The zero-order valence-corrected chi connectivity index (χ0v) is 18.7. The second-order valence-corrected chi connectivity index (χ2v) is 7.74. The molecule has 1 aliphatic heterocycles. The minimum atomic E-state index is -0.192. The summed E-state index contributed by atoms with van der Waals surface area (Å²) in [6.07, 6.45) is 2.86. The van der Waals surface area contributed by atoms with Crippen molar-refractivity contribution in [3.05, 3.63) is 53.1 Å². The molecule has 0 aliphatic carbocycles. The van der Waals surface area contributed by atoms with E-state index in [1.54, 1.807) is 14.2 Å². The molecule has 1 aliphatic rings. The van der Waals surface area contributed by atoms with Gasteiger partial charge in [0.1, 0.15) is 12.4 Å². The maximum atomic E-state index is 12.9. The Morgan fingerprint density at radius 1 is 1.13 bits per heavy atom. The van der Waals surface area contributed by atoms with Gasteiger partial charge in [-0.2, -0.15) is 0 Å². The normalized spacial score (nSPS) is 15.5. The van der Waals surface area contributed by atoms with E-state index in [4.69, 9.17) is 25.8 Å². The van der Waals surface area contributed by atoms with Crippen LogP contribution in [0.15, 0.2) is 36.4 Å². The fourth-order valence-electron chi connectivity index (χ4n) is 3.86. The maximum Gasteiger partial charge on any atom is 0.223 e. The van der Waals surface area contributed by atoms with Crippen LogP contribution in [0.3, 0.4) is 0 Å². The van der Waals surface area contributed by atoms with E-state index in [9.17, 15) is 4.79 Å². The molecule has 1 atom stereocenters. The first-order valence-corrected chi connectivity index (χ1v) is 11.0. The minimum absolute atomic E-state index is 0.103. The molecule has 30 heavy (non-hydrogen) atoms. The lowest BCUT2D eigenvalue weighted by Gasteiger charge is -2.37. The standard InChI is InChI=1S/C24H30ClNO4/c1-4-17-7-9-19(10-8-17)30-16-21-20-15-23(29-3)22(28-2)14-18(20)11-13-26(21)24(27)6-5-12-25/h7-10,14-15,21H,4-6,11-13,16H2,1-3H3. The molecule has 2 aromatic rings. The van der Waals surface area contributed by atoms with Gasteiger partial charge < -0.3 is 19.1 Å². The average Bonchev–Trinajstić information content (AvgIpc) is 2.80. The molecule has 0 aromatic heterocycles. The van der Waals surface area contributed by atoms with Gasteiger partial charge in [-0.1, -0.05) is 19.1 Å². The summed E-state index contributed by atoms with van der Waals surface area (Å²) in [4.78, 5) is 14.8. The van der Waals surface area contributed by atoms with Crippen LogP contribution in [0.1, 0.15) is 42.5 Å². The number of methoxy groups -OCH3 is 2. The van der Waals surface area contributed by atoms with Crippen LogP contribution in [0.5, 0.6) is 17.2 Å². The number of hydrogen-bond donors (Lipinski definition) is 0. The molecule has 0 spiro atoms. The Morgan fingerprint density at radius 3 is 2.47 bits per heavy atom. The summed E-state index contributed by atoms with van der Waals surface area (Å²) >= 11 is 5.81. The Labute approximate surface area is 183 Å². The highest BCUT2D eigenvalue weighted by Crippen LogP contribution is 2.38. The van der Waals surface area contributed by atoms with E-state index in [0.717, 1.165) is 29.7 Å². The maximum absolute atomic E-state index is 12.9. The highest BCUT2D eigenvalue weighted by Gasteiger charge is 2.32. The Kier molecular flexibility index (Phi) is 7.86. The van der Waals surface area contributed by atoms with Gasteiger partial charge >= 0.3 is 0 Å². The number of benzene rings is 2. The van der Waals surface area contributed by atoms with Crippen molar-refractivity contribution in [2.75, 3.05) is 33.3 Å². The predicted molar refractivity (Wildman–Crippen MR) is 119 cm³/mol. The molecule has 6 heteroatoms. The number of ether oxygens (including phenoxy) is 3. The number of amides is 1. The molecule has 0 N–H and O–H groups in total. The van der Waals surface area contributed by atoms with Gasteiger partial charge in [0, 0.05) is 18.8 Å². The first-order valence-electron chi connectivity index (χ1n) is 10.4. The lowest BCUT2D eigenvalue weighted by molar-refractivity contribution is -0.134. The Hall–Kier alpha value is -2.40. The number of rotatable bonds is 9. The third-order valence-corrected chi connectivity index (χ3v) is 5.85. The fourth-order valence-corrected chi connectivity index (χ4v) is 4.00. The van der Waals surface area contributed by atoms with E-state index >= 15 is 0 Å². The number of alkyl halides is 1. The van der Waals surface area contributed by atoms with Crippen molar-refractivity contribution < 1.29 is 19.0 Å². The molecular formula is C24H30ClNO4. The van der Waals surface area contributed by atoms with Crippen LogP contribution in [0, 0.1) is 0 Å². The summed E-state index contributed by atoms with van der Waals surface area (Å²) in [5.74, 6) is 2.74. The summed E-state index contributed by atoms with van der Waals surface area (Å²) in [6.45, 7) is 3.15. The summed E-state index contributed by atoms with van der Waals surface area (Å²) in [7, 11) is 3.26. The Balaban J connectivity index is 1.89. The zero-order valence-electron chi connectivity index (χ0n) is 17.9. The van der Waals surface area contributed by atoms with Gasteiger partial charge in [-0.25, -0.2) is 0 Å². The van der Waals surface area contributed by atoms with Gasteiger partial charge in [0.2, 0.25) is 5.91 Å².